The summed E-state index contributed by atoms with van der Waals surface area (Å²) in [5.74, 6) is -2.35. The molecule has 0 aliphatic carbocycles. The molecule has 1 saturated heterocycles. The Balaban J connectivity index is 1.70. The first-order valence-electron chi connectivity index (χ1n) is 8.21. The number of carbonyl (C=O) groups excluding carboxylic acids is 3. The zero-order valence-corrected chi connectivity index (χ0v) is 14.6. The van der Waals surface area contributed by atoms with Crippen LogP contribution in [0.5, 0.6) is 0 Å². The molecular weight excluding hydrogens is 394 g/mol. The van der Waals surface area contributed by atoms with E-state index in [1.165, 1.54) is 30.3 Å². The van der Waals surface area contributed by atoms with Crippen molar-refractivity contribution < 1.29 is 31.9 Å². The molecular formula is C19H13F4N3O3. The Hall–Kier alpha value is -3.69. The molecule has 0 atom stereocenters. The van der Waals surface area contributed by atoms with Gasteiger partial charge in [0.1, 0.15) is 18.1 Å². The number of halogens is 4. The molecule has 0 spiro atoms. The highest BCUT2D eigenvalue weighted by Crippen LogP contribution is 2.30. The van der Waals surface area contributed by atoms with Crippen molar-refractivity contribution in [2.24, 2.45) is 0 Å². The largest absolute Gasteiger partial charge is 0.416 e. The summed E-state index contributed by atoms with van der Waals surface area (Å²) in [6.07, 6.45) is -3.46. The van der Waals surface area contributed by atoms with Crippen LogP contribution in [-0.4, -0.2) is 29.3 Å². The second-order valence-corrected chi connectivity index (χ2v) is 6.03. The van der Waals surface area contributed by atoms with Gasteiger partial charge in [-0.1, -0.05) is 24.3 Å². The van der Waals surface area contributed by atoms with Gasteiger partial charge in [-0.05, 0) is 30.3 Å². The van der Waals surface area contributed by atoms with E-state index in [0.29, 0.717) is 4.90 Å². The number of imide groups is 1. The standard InChI is InChI=1S/C19H13F4N3O3/c20-14-7-2-1-4-11(14)8-15-17(28)26(18(29)25-15)10-16(27)24-13-6-3-5-12(9-13)19(21,22)23/h1-9H,10H2,(H,24,27)(H,25,29)/b15-8-. The van der Waals surface area contributed by atoms with Crippen molar-refractivity contribution in [2.45, 2.75) is 6.18 Å². The molecule has 4 amide bonds. The molecule has 0 unspecified atom stereocenters. The number of nitrogens with zero attached hydrogens (tertiary/aromatic N) is 1. The van der Waals surface area contributed by atoms with Gasteiger partial charge in [0.05, 0.1) is 5.56 Å². The van der Waals surface area contributed by atoms with Gasteiger partial charge in [0.2, 0.25) is 5.91 Å². The summed E-state index contributed by atoms with van der Waals surface area (Å²) in [7, 11) is 0. The summed E-state index contributed by atoms with van der Waals surface area (Å²) >= 11 is 0. The molecule has 0 saturated carbocycles. The third-order valence-electron chi connectivity index (χ3n) is 3.94. The summed E-state index contributed by atoms with van der Waals surface area (Å²) in [4.78, 5) is 37.0. The van der Waals surface area contributed by atoms with Crippen LogP contribution < -0.4 is 10.6 Å². The monoisotopic (exact) mass is 407 g/mol. The zero-order chi connectivity index (χ0) is 21.2. The number of urea groups is 1. The predicted molar refractivity (Wildman–Crippen MR) is 94.7 cm³/mol. The van der Waals surface area contributed by atoms with E-state index >= 15 is 0 Å². The Bertz CT molecular complexity index is 1020. The van der Waals surface area contributed by atoms with E-state index in [1.54, 1.807) is 0 Å². The molecule has 2 N–H and O–H groups in total. The van der Waals surface area contributed by atoms with E-state index in [2.05, 4.69) is 10.6 Å². The number of benzene rings is 2. The highest BCUT2D eigenvalue weighted by Gasteiger charge is 2.35. The van der Waals surface area contributed by atoms with Gasteiger partial charge in [0.25, 0.3) is 5.91 Å². The molecule has 150 valence electrons. The molecule has 1 fully saturated rings. The Morgan fingerprint density at radius 2 is 1.83 bits per heavy atom. The minimum atomic E-state index is -4.59. The van der Waals surface area contributed by atoms with Crippen LogP contribution >= 0.6 is 0 Å². The molecule has 6 nitrogen and oxygen atoms in total. The van der Waals surface area contributed by atoms with E-state index in [1.807, 2.05) is 0 Å². The third kappa shape index (κ3) is 4.60. The lowest BCUT2D eigenvalue weighted by molar-refractivity contribution is -0.137. The number of carbonyl (C=O) groups is 3. The minimum Gasteiger partial charge on any atom is -0.325 e. The van der Waals surface area contributed by atoms with Crippen LogP contribution in [0.15, 0.2) is 54.2 Å². The summed E-state index contributed by atoms with van der Waals surface area (Å²) in [6, 6.07) is 8.58. The fourth-order valence-electron chi connectivity index (χ4n) is 2.58. The van der Waals surface area contributed by atoms with E-state index in [4.69, 9.17) is 0 Å². The zero-order valence-electron chi connectivity index (χ0n) is 14.6. The number of alkyl halides is 3. The van der Waals surface area contributed by atoms with Crippen LogP contribution in [0.3, 0.4) is 0 Å². The van der Waals surface area contributed by atoms with Crippen LogP contribution in [0, 0.1) is 5.82 Å². The molecule has 0 aromatic heterocycles. The second kappa shape index (κ2) is 7.74. The topological polar surface area (TPSA) is 78.5 Å². The van der Waals surface area contributed by atoms with E-state index in [-0.39, 0.29) is 16.9 Å². The van der Waals surface area contributed by atoms with Gasteiger partial charge in [-0.2, -0.15) is 13.2 Å². The SMILES string of the molecule is O=C(CN1C(=O)N/C(=C\c2ccccc2F)C1=O)Nc1cccc(C(F)(F)F)c1. The maximum absolute atomic E-state index is 13.7. The van der Waals surface area contributed by atoms with Crippen LogP contribution in [0.2, 0.25) is 0 Å². The van der Waals surface area contributed by atoms with Gasteiger partial charge >= 0.3 is 12.2 Å². The fraction of sp³-hybridized carbons (Fsp3) is 0.105. The molecule has 10 heteroatoms. The lowest BCUT2D eigenvalue weighted by atomic mass is 10.2. The van der Waals surface area contributed by atoms with Gasteiger partial charge in [-0.25, -0.2) is 14.1 Å². The van der Waals surface area contributed by atoms with Crippen LogP contribution in [0.25, 0.3) is 6.08 Å². The summed E-state index contributed by atoms with van der Waals surface area (Å²) in [5, 5.41) is 4.43. The molecule has 2 aromatic carbocycles. The van der Waals surface area contributed by atoms with Crippen LogP contribution in [0.1, 0.15) is 11.1 Å². The lowest BCUT2D eigenvalue weighted by Crippen LogP contribution is -2.38. The minimum absolute atomic E-state index is 0.0615. The van der Waals surface area contributed by atoms with E-state index in [0.717, 1.165) is 24.3 Å². The molecule has 0 radical (unpaired) electrons. The van der Waals surface area contributed by atoms with E-state index in [9.17, 15) is 31.9 Å². The Morgan fingerprint density at radius 3 is 2.52 bits per heavy atom. The second-order valence-electron chi connectivity index (χ2n) is 6.03. The summed E-state index contributed by atoms with van der Waals surface area (Å²) < 4.78 is 51.9. The van der Waals surface area contributed by atoms with E-state index < -0.39 is 41.9 Å². The first-order chi connectivity index (χ1) is 13.6. The van der Waals surface area contributed by atoms with Gasteiger partial charge in [-0.15, -0.1) is 0 Å². The van der Waals surface area contributed by atoms with Gasteiger partial charge in [0, 0.05) is 11.3 Å². The number of hydrogen-bond acceptors (Lipinski definition) is 3. The number of nitrogens with one attached hydrogen (secondary N) is 2. The smallest absolute Gasteiger partial charge is 0.325 e. The van der Waals surface area contributed by atoms with Crippen molar-refractivity contribution in [3.63, 3.8) is 0 Å². The quantitative estimate of drug-likeness (QED) is 0.464. The molecule has 0 bridgehead atoms. The highest BCUT2D eigenvalue weighted by atomic mass is 19.4. The molecule has 1 aliphatic heterocycles. The fourth-order valence-corrected chi connectivity index (χ4v) is 2.58. The molecule has 2 aromatic rings. The Morgan fingerprint density at radius 1 is 1.10 bits per heavy atom. The molecule has 1 heterocycles. The first kappa shape index (κ1) is 20.1. The van der Waals surface area contributed by atoms with Gasteiger partial charge < -0.3 is 10.6 Å². The maximum atomic E-state index is 13.7. The average Bonchev–Trinajstić information content (AvgIpc) is 2.90. The molecule has 3 rings (SSSR count). The van der Waals surface area contributed by atoms with Crippen molar-refractivity contribution in [3.05, 3.63) is 71.2 Å². The number of hydrogen-bond donors (Lipinski definition) is 2. The number of amides is 4. The normalized spacial score (nSPS) is 15.6. The summed E-state index contributed by atoms with van der Waals surface area (Å²) in [5.41, 5.74) is -1.27. The Kier molecular flexibility index (Phi) is 5.35. The maximum Gasteiger partial charge on any atom is 0.416 e. The van der Waals surface area contributed by atoms with Gasteiger partial charge in [-0.3, -0.25) is 9.59 Å². The molecule has 29 heavy (non-hydrogen) atoms. The van der Waals surface area contributed by atoms with Crippen molar-refractivity contribution in [2.75, 3.05) is 11.9 Å². The first-order valence-corrected chi connectivity index (χ1v) is 8.21. The summed E-state index contributed by atoms with van der Waals surface area (Å²) in [6.45, 7) is -0.727. The van der Waals surface area contributed by atoms with Crippen molar-refractivity contribution in [1.29, 1.82) is 0 Å². The van der Waals surface area contributed by atoms with Crippen LogP contribution in [0.4, 0.5) is 28.0 Å². The average molecular weight is 407 g/mol. The Labute approximate surface area is 161 Å². The van der Waals surface area contributed by atoms with Crippen molar-refractivity contribution >= 4 is 29.6 Å². The number of anilines is 1. The third-order valence-corrected chi connectivity index (χ3v) is 3.94. The number of rotatable bonds is 4. The predicted octanol–water partition coefficient (Wildman–Crippen LogP) is 3.38. The van der Waals surface area contributed by atoms with Gasteiger partial charge in [0.15, 0.2) is 0 Å². The van der Waals surface area contributed by atoms with Crippen molar-refractivity contribution in [1.82, 2.24) is 10.2 Å². The van der Waals surface area contributed by atoms with Crippen LogP contribution in [-0.2, 0) is 15.8 Å². The lowest BCUT2D eigenvalue weighted by Gasteiger charge is -2.13. The highest BCUT2D eigenvalue weighted by molar-refractivity contribution is 6.15. The van der Waals surface area contributed by atoms with Crippen molar-refractivity contribution in [3.8, 4) is 0 Å². The molecule has 1 aliphatic rings.